The first-order valence-corrected chi connectivity index (χ1v) is 12.8. The molecule has 1 amide bonds. The Morgan fingerprint density at radius 1 is 1.43 bits per heavy atom. The molecule has 0 spiro atoms. The summed E-state index contributed by atoms with van der Waals surface area (Å²) < 4.78 is 15.8. The van der Waals surface area contributed by atoms with Crippen LogP contribution < -0.4 is 5.32 Å². The number of nitriles is 1. The third-order valence-electron chi connectivity index (χ3n) is 3.77. The summed E-state index contributed by atoms with van der Waals surface area (Å²) in [5.74, 6) is -1.37. The summed E-state index contributed by atoms with van der Waals surface area (Å²) in [7, 11) is 4.74. The van der Waals surface area contributed by atoms with Gasteiger partial charge in [-0.05, 0) is 19.4 Å². The number of nitrogens with zero attached hydrogens (tertiary/aromatic N) is 3. The molecule has 1 N–H and O–H groups in total. The number of nitrogens with one attached hydrogen (secondary N) is 1. The Morgan fingerprint density at radius 2 is 2.00 bits per heavy atom. The van der Waals surface area contributed by atoms with Crippen molar-refractivity contribution in [2.75, 3.05) is 14.1 Å². The van der Waals surface area contributed by atoms with Crippen LogP contribution in [0, 0.1) is 17.2 Å². The minimum Gasteiger partial charge on any atom is -0.382 e. The minimum absolute atomic E-state index is 0.0164. The van der Waals surface area contributed by atoms with Crippen LogP contribution >= 0.6 is 30.3 Å². The van der Waals surface area contributed by atoms with Crippen molar-refractivity contribution in [2.24, 2.45) is 5.92 Å². The van der Waals surface area contributed by atoms with E-state index in [-0.39, 0.29) is 29.5 Å². The average Bonchev–Trinajstić information content (AvgIpc) is 2.98. The lowest BCUT2D eigenvalue weighted by Gasteiger charge is -2.20. The first-order chi connectivity index (χ1) is 14.0. The fourth-order valence-electron chi connectivity index (χ4n) is 2.50. The molecule has 1 unspecified atom stereocenters. The number of ketones is 1. The molecule has 6 nitrogen and oxygen atoms in total. The molecule has 1 rings (SSSR count). The van der Waals surface area contributed by atoms with E-state index < -0.39 is 11.6 Å². The molecule has 1 aliphatic heterocycles. The molecule has 0 aromatic heterocycles. The van der Waals surface area contributed by atoms with E-state index in [2.05, 4.69) is 25.7 Å². The van der Waals surface area contributed by atoms with Crippen molar-refractivity contribution in [3.05, 3.63) is 47.3 Å². The quantitative estimate of drug-likeness (QED) is 0.190. The second-order valence-electron chi connectivity index (χ2n) is 6.92. The molecule has 1 atom stereocenters. The van der Waals surface area contributed by atoms with Gasteiger partial charge in [0.2, 0.25) is 11.7 Å². The Labute approximate surface area is 195 Å². The molecule has 1 aliphatic rings. The maximum Gasteiger partial charge on any atom is 0.221 e. The van der Waals surface area contributed by atoms with Gasteiger partial charge in [-0.1, -0.05) is 26.8 Å². The van der Waals surface area contributed by atoms with Gasteiger partial charge < -0.3 is 10.2 Å². The summed E-state index contributed by atoms with van der Waals surface area (Å²) in [5, 5.41) is 11.7. The van der Waals surface area contributed by atoms with E-state index in [0.717, 1.165) is 0 Å². The zero-order valence-electron chi connectivity index (χ0n) is 18.4. The molecule has 0 bridgehead atoms. The SMILES string of the molecule is C=C1C(CC/C(F)=C(\C)NC(C)=O)C=C(C(=O)/C(C#N)=C/N(C)C)N1SI.CCC. The highest BCUT2D eigenvalue weighted by Crippen LogP contribution is 2.41. The lowest BCUT2D eigenvalue weighted by atomic mass is 10.0. The van der Waals surface area contributed by atoms with Crippen LogP contribution in [-0.4, -0.2) is 35.0 Å². The summed E-state index contributed by atoms with van der Waals surface area (Å²) in [4.78, 5) is 25.4. The third-order valence-corrected chi connectivity index (χ3v) is 5.52. The molecule has 0 aliphatic carbocycles. The molecule has 166 valence electrons. The molecule has 1 heterocycles. The molecule has 0 aromatic rings. The largest absolute Gasteiger partial charge is 0.382 e. The Morgan fingerprint density at radius 3 is 2.43 bits per heavy atom. The predicted octanol–water partition coefficient (Wildman–Crippen LogP) is 5.39. The smallest absolute Gasteiger partial charge is 0.221 e. The number of allylic oxidation sites excluding steroid dienone is 4. The van der Waals surface area contributed by atoms with Crippen LogP contribution in [0.15, 0.2) is 47.3 Å². The number of carbonyl (C=O) groups excluding carboxylic acids is 2. The normalized spacial score (nSPS) is 16.7. The highest BCUT2D eigenvalue weighted by atomic mass is 127. The van der Waals surface area contributed by atoms with Crippen LogP contribution in [0.25, 0.3) is 0 Å². The first-order valence-electron chi connectivity index (χ1n) is 9.49. The molecule has 0 saturated heterocycles. The first kappa shape index (κ1) is 28.2. The summed E-state index contributed by atoms with van der Waals surface area (Å²) >= 11 is 2.03. The van der Waals surface area contributed by atoms with Crippen molar-refractivity contribution in [2.45, 2.75) is 47.0 Å². The lowest BCUT2D eigenvalue weighted by molar-refractivity contribution is -0.118. The minimum atomic E-state index is -0.412. The van der Waals surface area contributed by atoms with Crippen molar-refractivity contribution in [3.8, 4) is 6.07 Å². The van der Waals surface area contributed by atoms with Gasteiger partial charge in [0, 0.05) is 81.3 Å². The van der Waals surface area contributed by atoms with Crippen LogP contribution in [0.1, 0.15) is 47.0 Å². The van der Waals surface area contributed by atoms with E-state index in [1.165, 1.54) is 35.6 Å². The van der Waals surface area contributed by atoms with Gasteiger partial charge >= 0.3 is 0 Å². The number of Topliss-reactive ketones (excluding diaryl/α,β-unsaturated/α-hetero) is 1. The fraction of sp³-hybridized carbons (Fsp3) is 0.476. The Balaban J connectivity index is 0.00000263. The Kier molecular flexibility index (Phi) is 13.4. The molecule has 0 saturated carbocycles. The van der Waals surface area contributed by atoms with E-state index in [4.69, 9.17) is 0 Å². The number of hydrogen-bond acceptors (Lipinski definition) is 6. The van der Waals surface area contributed by atoms with Gasteiger partial charge in [0.25, 0.3) is 0 Å². The van der Waals surface area contributed by atoms with Crippen LogP contribution in [-0.2, 0) is 9.59 Å². The Bertz CT molecular complexity index is 784. The molecule has 0 radical (unpaired) electrons. The van der Waals surface area contributed by atoms with Crippen LogP contribution in [0.5, 0.6) is 0 Å². The second kappa shape index (κ2) is 14.2. The van der Waals surface area contributed by atoms with Crippen molar-refractivity contribution in [1.29, 1.82) is 5.26 Å². The number of hydrogen-bond donors (Lipinski definition) is 1. The summed E-state index contributed by atoms with van der Waals surface area (Å²) in [6, 6.07) is 1.92. The maximum atomic E-state index is 14.2. The van der Waals surface area contributed by atoms with Gasteiger partial charge in [0.1, 0.15) is 17.5 Å². The molecular weight excluding hydrogens is 518 g/mol. The van der Waals surface area contributed by atoms with Gasteiger partial charge in [0.15, 0.2) is 0 Å². The highest BCUT2D eigenvalue weighted by Gasteiger charge is 2.33. The van der Waals surface area contributed by atoms with E-state index in [1.807, 2.05) is 27.3 Å². The summed E-state index contributed by atoms with van der Waals surface area (Å²) in [6.07, 6.45) is 4.93. The lowest BCUT2D eigenvalue weighted by Crippen LogP contribution is -2.19. The van der Waals surface area contributed by atoms with Crippen molar-refractivity contribution >= 4 is 42.0 Å². The van der Waals surface area contributed by atoms with Crippen molar-refractivity contribution < 1.29 is 14.0 Å². The van der Waals surface area contributed by atoms with Crippen molar-refractivity contribution in [3.63, 3.8) is 0 Å². The molecule has 0 fully saturated rings. The summed E-state index contributed by atoms with van der Waals surface area (Å²) in [5.41, 5.74) is 1.21. The zero-order valence-corrected chi connectivity index (χ0v) is 21.4. The van der Waals surface area contributed by atoms with Crippen LogP contribution in [0.2, 0.25) is 0 Å². The average molecular weight is 548 g/mol. The zero-order chi connectivity index (χ0) is 23.4. The van der Waals surface area contributed by atoms with Crippen LogP contribution in [0.4, 0.5) is 4.39 Å². The predicted molar refractivity (Wildman–Crippen MR) is 129 cm³/mol. The van der Waals surface area contributed by atoms with E-state index in [0.29, 0.717) is 17.8 Å². The number of carbonyl (C=O) groups is 2. The van der Waals surface area contributed by atoms with Gasteiger partial charge in [0.05, 0.1) is 5.70 Å². The third kappa shape index (κ3) is 8.92. The van der Waals surface area contributed by atoms with E-state index >= 15 is 0 Å². The molecular formula is C21H30FIN4O2S. The highest BCUT2D eigenvalue weighted by molar-refractivity contribution is 14.2. The number of rotatable bonds is 8. The molecule has 30 heavy (non-hydrogen) atoms. The second-order valence-corrected chi connectivity index (χ2v) is 8.60. The molecule has 0 aromatic carbocycles. The van der Waals surface area contributed by atoms with Gasteiger partial charge in [-0.2, -0.15) is 5.26 Å². The number of amides is 1. The Hall–Kier alpha value is -1.80. The van der Waals surface area contributed by atoms with E-state index in [1.54, 1.807) is 29.4 Å². The van der Waals surface area contributed by atoms with Gasteiger partial charge in [-0.15, -0.1) is 0 Å². The topological polar surface area (TPSA) is 76.4 Å². The number of halogens is 2. The standard InChI is InChI=1S/C18H22FIN4O2S.C3H8/c1-11(22-13(3)25)16(19)7-6-14-8-17(24(27-20)12(14)2)18(26)15(9-21)10-23(4)5;1-3-2/h8,10,14H,2,6-7H2,1,3-5H3,(H,22,25);3H2,1-2H3/b15-10+,16-11-;. The van der Waals surface area contributed by atoms with E-state index in [9.17, 15) is 19.2 Å². The molecule has 9 heteroatoms. The van der Waals surface area contributed by atoms with Crippen molar-refractivity contribution in [1.82, 2.24) is 14.5 Å². The summed E-state index contributed by atoms with van der Waals surface area (Å²) in [6.45, 7) is 11.1. The fourth-order valence-corrected chi connectivity index (χ4v) is 4.33. The van der Waals surface area contributed by atoms with Crippen LogP contribution in [0.3, 0.4) is 0 Å². The van der Waals surface area contributed by atoms with Gasteiger partial charge in [-0.3, -0.25) is 13.9 Å². The monoisotopic (exact) mass is 548 g/mol. The van der Waals surface area contributed by atoms with Gasteiger partial charge in [-0.25, -0.2) is 4.39 Å². The maximum absolute atomic E-state index is 14.2.